The molecule has 1 amide bonds. The number of amides is 1. The molecule has 6 nitrogen and oxygen atoms in total. The Morgan fingerprint density at radius 2 is 2.16 bits per heavy atom. The van der Waals surface area contributed by atoms with Crippen LogP contribution in [-0.4, -0.2) is 79.2 Å². The average molecular weight is 355 g/mol. The Morgan fingerprint density at radius 3 is 2.84 bits per heavy atom. The van der Waals surface area contributed by atoms with Crippen molar-refractivity contribution in [1.82, 2.24) is 14.8 Å². The van der Waals surface area contributed by atoms with E-state index in [9.17, 15) is 13.6 Å². The van der Waals surface area contributed by atoms with Crippen LogP contribution in [0.5, 0.6) is 5.88 Å². The molecule has 1 aromatic rings. The number of alkyl halides is 2. The molecule has 2 aliphatic rings. The maximum Gasteiger partial charge on any atom is 0.272 e. The van der Waals surface area contributed by atoms with Crippen molar-refractivity contribution < 1.29 is 23.0 Å². The first kappa shape index (κ1) is 18.0. The van der Waals surface area contributed by atoms with E-state index in [2.05, 4.69) is 9.88 Å². The van der Waals surface area contributed by atoms with E-state index in [4.69, 9.17) is 9.47 Å². The van der Waals surface area contributed by atoms with Gasteiger partial charge >= 0.3 is 0 Å². The molecule has 1 atom stereocenters. The van der Waals surface area contributed by atoms with Gasteiger partial charge < -0.3 is 14.4 Å². The van der Waals surface area contributed by atoms with Gasteiger partial charge in [0, 0.05) is 57.2 Å². The highest BCUT2D eigenvalue weighted by Gasteiger charge is 2.25. The molecule has 0 aliphatic carbocycles. The lowest BCUT2D eigenvalue weighted by Crippen LogP contribution is -2.50. The Kier molecular flexibility index (Phi) is 6.14. The van der Waals surface area contributed by atoms with E-state index >= 15 is 0 Å². The van der Waals surface area contributed by atoms with Gasteiger partial charge in [0.15, 0.2) is 6.61 Å². The predicted octanol–water partition coefficient (Wildman–Crippen LogP) is 1.66. The molecule has 0 aromatic carbocycles. The third-order valence-electron chi connectivity index (χ3n) is 4.48. The van der Waals surface area contributed by atoms with Gasteiger partial charge in [0.05, 0.1) is 6.10 Å². The number of ether oxygens (including phenoxy) is 2. The molecule has 0 N–H and O–H groups in total. The number of halogens is 2. The lowest BCUT2D eigenvalue weighted by molar-refractivity contribution is 0.0432. The van der Waals surface area contributed by atoms with Crippen LogP contribution in [0.2, 0.25) is 0 Å². The topological polar surface area (TPSA) is 54.9 Å². The largest absolute Gasteiger partial charge is 0.472 e. The standard InChI is InChI=1S/C17H23F2N3O3/c18-15(19)12-25-16-10-13(3-4-20-16)17(23)22-7-5-21(6-8-22)11-14-2-1-9-24-14/h3-4,10,14-15H,1-2,5-9,11-12H2. The molecule has 3 rings (SSSR count). The van der Waals surface area contributed by atoms with Gasteiger partial charge in [-0.1, -0.05) is 0 Å². The summed E-state index contributed by atoms with van der Waals surface area (Å²) >= 11 is 0. The molecular weight excluding hydrogens is 332 g/mol. The summed E-state index contributed by atoms with van der Waals surface area (Å²) in [6.07, 6.45) is 1.38. The summed E-state index contributed by atoms with van der Waals surface area (Å²) in [5.41, 5.74) is 0.409. The van der Waals surface area contributed by atoms with Crippen molar-refractivity contribution in [2.75, 3.05) is 45.9 Å². The predicted molar refractivity (Wildman–Crippen MR) is 87.1 cm³/mol. The second-order valence-corrected chi connectivity index (χ2v) is 6.31. The SMILES string of the molecule is O=C(c1ccnc(OCC(F)F)c1)N1CCN(CC2CCCO2)CC1. The van der Waals surface area contributed by atoms with Crippen molar-refractivity contribution in [3.05, 3.63) is 23.9 Å². The fourth-order valence-electron chi connectivity index (χ4n) is 3.16. The first-order valence-electron chi connectivity index (χ1n) is 8.62. The number of carbonyl (C=O) groups is 1. The van der Waals surface area contributed by atoms with Gasteiger partial charge in [-0.2, -0.15) is 0 Å². The fourth-order valence-corrected chi connectivity index (χ4v) is 3.16. The van der Waals surface area contributed by atoms with Crippen LogP contribution in [-0.2, 0) is 4.74 Å². The first-order chi connectivity index (χ1) is 12.1. The summed E-state index contributed by atoms with van der Waals surface area (Å²) < 4.78 is 35.0. The highest BCUT2D eigenvalue weighted by atomic mass is 19.3. The van der Waals surface area contributed by atoms with Gasteiger partial charge in [-0.25, -0.2) is 13.8 Å². The molecule has 2 fully saturated rings. The molecule has 0 radical (unpaired) electrons. The Balaban J connectivity index is 1.50. The zero-order valence-electron chi connectivity index (χ0n) is 14.1. The van der Waals surface area contributed by atoms with Crippen molar-refractivity contribution in [3.8, 4) is 5.88 Å². The molecule has 2 saturated heterocycles. The van der Waals surface area contributed by atoms with Crippen LogP contribution >= 0.6 is 0 Å². The summed E-state index contributed by atoms with van der Waals surface area (Å²) in [5, 5.41) is 0. The van der Waals surface area contributed by atoms with Crippen LogP contribution in [0.25, 0.3) is 0 Å². The molecule has 0 saturated carbocycles. The first-order valence-corrected chi connectivity index (χ1v) is 8.62. The van der Waals surface area contributed by atoms with Crippen LogP contribution in [0.1, 0.15) is 23.2 Å². The van der Waals surface area contributed by atoms with Gasteiger partial charge in [0.1, 0.15) is 0 Å². The Hall–Kier alpha value is -1.80. The molecule has 0 spiro atoms. The molecule has 25 heavy (non-hydrogen) atoms. The lowest BCUT2D eigenvalue weighted by atomic mass is 10.2. The van der Waals surface area contributed by atoms with Gasteiger partial charge in [0.25, 0.3) is 12.3 Å². The van der Waals surface area contributed by atoms with Crippen molar-refractivity contribution in [2.45, 2.75) is 25.4 Å². The molecule has 1 unspecified atom stereocenters. The normalized spacial score (nSPS) is 21.7. The quantitative estimate of drug-likeness (QED) is 0.777. The van der Waals surface area contributed by atoms with E-state index in [-0.39, 0.29) is 11.8 Å². The minimum atomic E-state index is -2.57. The van der Waals surface area contributed by atoms with Gasteiger partial charge in [-0.05, 0) is 18.9 Å². The number of rotatable bonds is 6. The van der Waals surface area contributed by atoms with Crippen LogP contribution < -0.4 is 4.74 Å². The number of hydrogen-bond acceptors (Lipinski definition) is 5. The van der Waals surface area contributed by atoms with Crippen molar-refractivity contribution in [3.63, 3.8) is 0 Å². The van der Waals surface area contributed by atoms with Gasteiger partial charge in [-0.15, -0.1) is 0 Å². The number of carbonyl (C=O) groups excluding carboxylic acids is 1. The van der Waals surface area contributed by atoms with E-state index in [1.807, 2.05) is 0 Å². The Labute approximate surface area is 145 Å². The molecule has 3 heterocycles. The minimum absolute atomic E-state index is 0.0446. The zero-order chi connectivity index (χ0) is 17.6. The summed E-state index contributed by atoms with van der Waals surface area (Å²) in [6.45, 7) is 3.94. The number of pyridine rings is 1. The molecular formula is C17H23F2N3O3. The van der Waals surface area contributed by atoms with Crippen LogP contribution in [0.4, 0.5) is 8.78 Å². The third-order valence-corrected chi connectivity index (χ3v) is 4.48. The van der Waals surface area contributed by atoms with E-state index in [1.54, 1.807) is 11.0 Å². The fraction of sp³-hybridized carbons (Fsp3) is 0.647. The molecule has 8 heteroatoms. The molecule has 0 bridgehead atoms. The maximum atomic E-state index is 12.6. The summed E-state index contributed by atoms with van der Waals surface area (Å²) in [5.74, 6) is -0.0794. The Morgan fingerprint density at radius 1 is 1.36 bits per heavy atom. The highest BCUT2D eigenvalue weighted by Crippen LogP contribution is 2.16. The summed E-state index contributed by atoms with van der Waals surface area (Å²) in [7, 11) is 0. The van der Waals surface area contributed by atoms with E-state index < -0.39 is 13.0 Å². The van der Waals surface area contributed by atoms with Gasteiger partial charge in [0.2, 0.25) is 5.88 Å². The maximum absolute atomic E-state index is 12.6. The van der Waals surface area contributed by atoms with Crippen molar-refractivity contribution >= 4 is 5.91 Å². The van der Waals surface area contributed by atoms with Crippen LogP contribution in [0, 0.1) is 0 Å². The second kappa shape index (κ2) is 8.53. The smallest absolute Gasteiger partial charge is 0.272 e. The Bertz CT molecular complexity index is 574. The van der Waals surface area contributed by atoms with E-state index in [1.165, 1.54) is 12.3 Å². The van der Waals surface area contributed by atoms with Crippen LogP contribution in [0.3, 0.4) is 0 Å². The van der Waals surface area contributed by atoms with Crippen molar-refractivity contribution in [2.24, 2.45) is 0 Å². The van der Waals surface area contributed by atoms with Crippen LogP contribution in [0.15, 0.2) is 18.3 Å². The van der Waals surface area contributed by atoms with E-state index in [0.717, 1.165) is 39.1 Å². The highest BCUT2D eigenvalue weighted by molar-refractivity contribution is 5.94. The average Bonchev–Trinajstić information content (AvgIpc) is 3.13. The number of hydrogen-bond donors (Lipinski definition) is 0. The summed E-state index contributed by atoms with van der Waals surface area (Å²) in [6, 6.07) is 3.00. The monoisotopic (exact) mass is 355 g/mol. The number of nitrogens with zero attached hydrogens (tertiary/aromatic N) is 3. The van der Waals surface area contributed by atoms with E-state index in [0.29, 0.717) is 24.8 Å². The number of piperazine rings is 1. The third kappa shape index (κ3) is 5.09. The second-order valence-electron chi connectivity index (χ2n) is 6.31. The van der Waals surface area contributed by atoms with Crippen molar-refractivity contribution in [1.29, 1.82) is 0 Å². The molecule has 1 aromatic heterocycles. The molecule has 138 valence electrons. The minimum Gasteiger partial charge on any atom is -0.472 e. The lowest BCUT2D eigenvalue weighted by Gasteiger charge is -2.35. The number of aromatic nitrogens is 1. The summed E-state index contributed by atoms with van der Waals surface area (Å²) in [4.78, 5) is 20.6. The van der Waals surface area contributed by atoms with Gasteiger partial charge in [-0.3, -0.25) is 9.69 Å². The zero-order valence-corrected chi connectivity index (χ0v) is 14.1. The molecule has 2 aliphatic heterocycles.